The van der Waals surface area contributed by atoms with Crippen molar-refractivity contribution < 1.29 is 19.0 Å². The van der Waals surface area contributed by atoms with Crippen molar-refractivity contribution in [2.24, 2.45) is 5.73 Å². The third-order valence-electron chi connectivity index (χ3n) is 4.70. The Labute approximate surface area is 190 Å². The molecule has 0 saturated heterocycles. The maximum absolute atomic E-state index is 12.6. The van der Waals surface area contributed by atoms with Crippen molar-refractivity contribution in [3.63, 3.8) is 0 Å². The zero-order chi connectivity index (χ0) is 22.5. The quantitative estimate of drug-likeness (QED) is 0.596. The summed E-state index contributed by atoms with van der Waals surface area (Å²) >= 11 is 12.0. The van der Waals surface area contributed by atoms with E-state index < -0.39 is 11.9 Å². The largest absolute Gasteiger partial charge is 0.489 e. The molecule has 0 fully saturated rings. The van der Waals surface area contributed by atoms with Crippen LogP contribution >= 0.6 is 23.2 Å². The maximum atomic E-state index is 12.6. The fourth-order valence-electron chi connectivity index (χ4n) is 3.24. The number of nitrogens with zero attached hydrogens (tertiary/aromatic N) is 1. The van der Waals surface area contributed by atoms with Crippen LogP contribution in [0.4, 0.5) is 0 Å². The van der Waals surface area contributed by atoms with Crippen molar-refractivity contribution in [2.45, 2.75) is 26.4 Å². The lowest BCUT2D eigenvalue weighted by Crippen LogP contribution is -2.25. The van der Waals surface area contributed by atoms with Gasteiger partial charge in [-0.2, -0.15) is 5.26 Å². The predicted octanol–water partition coefficient (Wildman–Crippen LogP) is 5.22. The van der Waals surface area contributed by atoms with Crippen LogP contribution in [0.1, 0.15) is 30.9 Å². The highest BCUT2D eigenvalue weighted by atomic mass is 35.5. The number of halogens is 2. The van der Waals surface area contributed by atoms with Crippen molar-refractivity contribution in [3.05, 3.63) is 86.4 Å². The third kappa shape index (κ3) is 4.96. The SMILES string of the molecule is CCOC(=O)C1=C(C)OC(N)=C(C#N)C1c1ccc(OCc2ccc(Cl)c(Cl)c2)cc1. The molecule has 0 aromatic heterocycles. The number of esters is 1. The summed E-state index contributed by atoms with van der Waals surface area (Å²) in [7, 11) is 0. The van der Waals surface area contributed by atoms with Crippen LogP contribution in [0.15, 0.2) is 65.3 Å². The van der Waals surface area contributed by atoms with E-state index in [2.05, 4.69) is 6.07 Å². The van der Waals surface area contributed by atoms with Gasteiger partial charge in [-0.1, -0.05) is 41.4 Å². The summed E-state index contributed by atoms with van der Waals surface area (Å²) in [5.74, 6) is -0.360. The average Bonchev–Trinajstić information content (AvgIpc) is 2.74. The monoisotopic (exact) mass is 458 g/mol. The zero-order valence-corrected chi connectivity index (χ0v) is 18.5. The Bertz CT molecular complexity index is 1100. The van der Waals surface area contributed by atoms with Crippen molar-refractivity contribution in [3.8, 4) is 11.8 Å². The smallest absolute Gasteiger partial charge is 0.338 e. The van der Waals surface area contributed by atoms with Gasteiger partial charge in [0.15, 0.2) is 0 Å². The van der Waals surface area contributed by atoms with E-state index in [1.807, 2.05) is 6.07 Å². The summed E-state index contributed by atoms with van der Waals surface area (Å²) in [4.78, 5) is 12.6. The first kappa shape index (κ1) is 22.5. The summed E-state index contributed by atoms with van der Waals surface area (Å²) in [5.41, 5.74) is 7.87. The minimum absolute atomic E-state index is 0.0296. The van der Waals surface area contributed by atoms with Crippen molar-refractivity contribution >= 4 is 29.2 Å². The molecule has 2 aromatic carbocycles. The topological polar surface area (TPSA) is 94.6 Å². The Morgan fingerprint density at radius 2 is 1.90 bits per heavy atom. The van der Waals surface area contributed by atoms with Crippen LogP contribution in [0.2, 0.25) is 10.0 Å². The Morgan fingerprint density at radius 1 is 1.19 bits per heavy atom. The molecule has 1 atom stereocenters. The minimum atomic E-state index is -0.693. The lowest BCUT2D eigenvalue weighted by molar-refractivity contribution is -0.139. The minimum Gasteiger partial charge on any atom is -0.489 e. The number of hydrogen-bond donors (Lipinski definition) is 1. The molecule has 2 N–H and O–H groups in total. The number of ether oxygens (including phenoxy) is 3. The van der Waals surface area contributed by atoms with Gasteiger partial charge in [-0.3, -0.25) is 0 Å². The summed E-state index contributed by atoms with van der Waals surface area (Å²) in [6, 6.07) is 14.4. The first-order valence-electron chi connectivity index (χ1n) is 9.47. The molecule has 2 aromatic rings. The summed E-state index contributed by atoms with van der Waals surface area (Å²) in [6.07, 6.45) is 0. The van der Waals surface area contributed by atoms with Crippen LogP contribution < -0.4 is 10.5 Å². The number of benzene rings is 2. The molecule has 0 spiro atoms. The van der Waals surface area contributed by atoms with E-state index in [0.29, 0.717) is 33.7 Å². The average molecular weight is 459 g/mol. The van der Waals surface area contributed by atoms with Crippen LogP contribution in [0.3, 0.4) is 0 Å². The molecule has 6 nitrogen and oxygen atoms in total. The van der Waals surface area contributed by atoms with E-state index >= 15 is 0 Å². The molecule has 8 heteroatoms. The Morgan fingerprint density at radius 3 is 2.52 bits per heavy atom. The molecule has 0 bridgehead atoms. The summed E-state index contributed by atoms with van der Waals surface area (Å²) in [6.45, 7) is 3.83. The van der Waals surface area contributed by atoms with Gasteiger partial charge < -0.3 is 19.9 Å². The second-order valence-electron chi connectivity index (χ2n) is 6.72. The Balaban J connectivity index is 1.85. The van der Waals surface area contributed by atoms with Gasteiger partial charge in [-0.05, 0) is 49.2 Å². The molecule has 1 aliphatic rings. The van der Waals surface area contributed by atoms with E-state index in [0.717, 1.165) is 5.56 Å². The number of hydrogen-bond acceptors (Lipinski definition) is 6. The highest BCUT2D eigenvalue weighted by Crippen LogP contribution is 2.40. The van der Waals surface area contributed by atoms with Crippen molar-refractivity contribution in [1.82, 2.24) is 0 Å². The molecule has 1 unspecified atom stereocenters. The van der Waals surface area contributed by atoms with Gasteiger partial charge in [0, 0.05) is 0 Å². The van der Waals surface area contributed by atoms with E-state index in [4.69, 9.17) is 43.1 Å². The third-order valence-corrected chi connectivity index (χ3v) is 5.44. The second-order valence-corrected chi connectivity index (χ2v) is 7.54. The van der Waals surface area contributed by atoms with Gasteiger partial charge in [0.25, 0.3) is 0 Å². The zero-order valence-electron chi connectivity index (χ0n) is 16.9. The lowest BCUT2D eigenvalue weighted by atomic mass is 9.83. The second kappa shape index (κ2) is 9.78. The van der Waals surface area contributed by atoms with Crippen LogP contribution in [0, 0.1) is 11.3 Å². The molecule has 1 heterocycles. The Hall–Kier alpha value is -3.14. The van der Waals surface area contributed by atoms with Gasteiger partial charge >= 0.3 is 5.97 Å². The molecule has 160 valence electrons. The molecule has 0 saturated carbocycles. The highest BCUT2D eigenvalue weighted by molar-refractivity contribution is 6.42. The van der Waals surface area contributed by atoms with Crippen molar-refractivity contribution in [1.29, 1.82) is 5.26 Å². The number of carbonyl (C=O) groups is 1. The molecule has 3 rings (SSSR count). The summed E-state index contributed by atoms with van der Waals surface area (Å²) in [5, 5.41) is 10.6. The standard InChI is InChI=1S/C23H20Cl2N2O4/c1-3-29-23(28)20-13(2)31-22(27)17(11-26)21(20)15-5-7-16(8-6-15)30-12-14-4-9-18(24)19(25)10-14/h4-10,21H,3,12,27H2,1-2H3. The predicted molar refractivity (Wildman–Crippen MR) is 117 cm³/mol. The number of allylic oxidation sites excluding steroid dienone is 2. The molecular formula is C23H20Cl2N2O4. The van der Waals surface area contributed by atoms with Crippen LogP contribution in [0.5, 0.6) is 5.75 Å². The normalized spacial score (nSPS) is 15.9. The van der Waals surface area contributed by atoms with E-state index in [1.54, 1.807) is 50.2 Å². The van der Waals surface area contributed by atoms with Crippen molar-refractivity contribution in [2.75, 3.05) is 6.61 Å². The number of nitriles is 1. The first-order valence-corrected chi connectivity index (χ1v) is 10.2. The number of nitrogens with two attached hydrogens (primary N) is 1. The number of carbonyl (C=O) groups excluding carboxylic acids is 1. The molecule has 0 radical (unpaired) electrons. The fraction of sp³-hybridized carbons (Fsp3) is 0.217. The maximum Gasteiger partial charge on any atom is 0.338 e. The summed E-state index contributed by atoms with van der Waals surface area (Å²) < 4.78 is 16.4. The van der Waals surface area contributed by atoms with Gasteiger partial charge in [0.2, 0.25) is 5.88 Å². The van der Waals surface area contributed by atoms with Gasteiger partial charge in [0.05, 0.1) is 28.1 Å². The lowest BCUT2D eigenvalue weighted by Gasteiger charge is -2.26. The van der Waals surface area contributed by atoms with Crippen LogP contribution in [-0.2, 0) is 20.9 Å². The Kier molecular flexibility index (Phi) is 7.11. The molecule has 31 heavy (non-hydrogen) atoms. The van der Waals surface area contributed by atoms with Crippen LogP contribution in [-0.4, -0.2) is 12.6 Å². The fourth-order valence-corrected chi connectivity index (χ4v) is 3.56. The number of rotatable bonds is 6. The molecule has 1 aliphatic heterocycles. The van der Waals surface area contributed by atoms with Gasteiger partial charge in [-0.25, -0.2) is 4.79 Å². The van der Waals surface area contributed by atoms with Gasteiger partial charge in [-0.15, -0.1) is 0 Å². The van der Waals surface area contributed by atoms with Gasteiger partial charge in [0.1, 0.15) is 29.8 Å². The van der Waals surface area contributed by atoms with E-state index in [-0.39, 0.29) is 23.6 Å². The highest BCUT2D eigenvalue weighted by Gasteiger charge is 2.36. The van der Waals surface area contributed by atoms with E-state index in [1.165, 1.54) is 0 Å². The molecule has 0 amide bonds. The van der Waals surface area contributed by atoms with E-state index in [9.17, 15) is 10.1 Å². The molecular weight excluding hydrogens is 439 g/mol. The van der Waals surface area contributed by atoms with Crippen LogP contribution in [0.25, 0.3) is 0 Å². The molecule has 0 aliphatic carbocycles. The first-order chi connectivity index (χ1) is 14.8.